The summed E-state index contributed by atoms with van der Waals surface area (Å²) < 4.78 is 3.00. The molecule has 17 heavy (non-hydrogen) atoms. The van der Waals surface area contributed by atoms with Crippen LogP contribution in [0.5, 0.6) is 0 Å². The summed E-state index contributed by atoms with van der Waals surface area (Å²) in [5, 5.41) is 0. The fraction of sp³-hybridized carbons (Fsp3) is 0.385. The Hall–Kier alpha value is -1.84. The lowest BCUT2D eigenvalue weighted by Gasteiger charge is -2.11. The van der Waals surface area contributed by atoms with E-state index in [9.17, 15) is 9.59 Å². The first-order valence-corrected chi connectivity index (χ1v) is 5.85. The van der Waals surface area contributed by atoms with Crippen molar-refractivity contribution in [2.45, 2.75) is 26.3 Å². The second-order valence-corrected chi connectivity index (χ2v) is 4.16. The number of aromatic nitrogens is 2. The molecule has 2 aromatic rings. The smallest absolute Gasteiger partial charge is 0.305 e. The fourth-order valence-corrected chi connectivity index (χ4v) is 1.99. The number of hydrogen-bond donors (Lipinski definition) is 0. The highest BCUT2D eigenvalue weighted by Gasteiger charge is 2.09. The van der Waals surface area contributed by atoms with Gasteiger partial charge in [-0.2, -0.15) is 0 Å². The van der Waals surface area contributed by atoms with E-state index >= 15 is 0 Å². The fourth-order valence-electron chi connectivity index (χ4n) is 1.99. The molecule has 0 atom stereocenters. The lowest BCUT2D eigenvalue weighted by Crippen LogP contribution is -2.40. The average Bonchev–Trinajstić information content (AvgIpc) is 2.36. The molecule has 2 rings (SSSR count). The van der Waals surface area contributed by atoms with Gasteiger partial charge in [0.1, 0.15) is 0 Å². The Morgan fingerprint density at radius 3 is 2.35 bits per heavy atom. The average molecular weight is 232 g/mol. The van der Waals surface area contributed by atoms with Gasteiger partial charge in [-0.1, -0.05) is 25.5 Å². The van der Waals surface area contributed by atoms with Crippen LogP contribution in [0.3, 0.4) is 0 Å². The second-order valence-electron chi connectivity index (χ2n) is 4.16. The Bertz CT molecular complexity index is 652. The largest absolute Gasteiger partial charge is 0.316 e. The van der Waals surface area contributed by atoms with Crippen molar-refractivity contribution in [1.29, 1.82) is 0 Å². The van der Waals surface area contributed by atoms with E-state index in [1.807, 2.05) is 24.3 Å². The van der Waals surface area contributed by atoms with Crippen LogP contribution in [0.25, 0.3) is 11.0 Å². The lowest BCUT2D eigenvalue weighted by molar-refractivity contribution is 0.618. The molecule has 0 spiro atoms. The summed E-state index contributed by atoms with van der Waals surface area (Å²) in [6.07, 6.45) is 1.90. The highest BCUT2D eigenvalue weighted by Crippen LogP contribution is 2.09. The summed E-state index contributed by atoms with van der Waals surface area (Å²) in [6, 6.07) is 7.50. The molecule has 0 aliphatic rings. The molecule has 0 saturated carbocycles. The van der Waals surface area contributed by atoms with Crippen LogP contribution in [0.15, 0.2) is 33.9 Å². The van der Waals surface area contributed by atoms with Crippen molar-refractivity contribution in [2.75, 3.05) is 0 Å². The SMILES string of the molecule is CCCCn1c(=O)c(=O)n(C)c2ccccc21. The molecular formula is C13H16N2O2. The number of unbranched alkanes of at least 4 members (excludes halogenated alkanes) is 1. The zero-order chi connectivity index (χ0) is 12.4. The highest BCUT2D eigenvalue weighted by atomic mass is 16.2. The maximum atomic E-state index is 11.9. The van der Waals surface area contributed by atoms with E-state index in [1.54, 1.807) is 11.6 Å². The van der Waals surface area contributed by atoms with Crippen LogP contribution in [0.2, 0.25) is 0 Å². The molecule has 0 radical (unpaired) electrons. The Morgan fingerprint density at radius 2 is 1.71 bits per heavy atom. The van der Waals surface area contributed by atoms with E-state index in [4.69, 9.17) is 0 Å². The van der Waals surface area contributed by atoms with Crippen molar-refractivity contribution >= 4 is 11.0 Å². The van der Waals surface area contributed by atoms with E-state index < -0.39 is 11.1 Å². The number of rotatable bonds is 3. The molecule has 4 heteroatoms. The highest BCUT2D eigenvalue weighted by molar-refractivity contribution is 5.74. The van der Waals surface area contributed by atoms with Gasteiger partial charge in [0.2, 0.25) is 0 Å². The quantitative estimate of drug-likeness (QED) is 0.753. The van der Waals surface area contributed by atoms with Crippen molar-refractivity contribution in [1.82, 2.24) is 9.13 Å². The van der Waals surface area contributed by atoms with Gasteiger partial charge in [-0.3, -0.25) is 9.59 Å². The van der Waals surface area contributed by atoms with Crippen LogP contribution in [-0.2, 0) is 13.6 Å². The third-order valence-corrected chi connectivity index (χ3v) is 3.00. The summed E-state index contributed by atoms with van der Waals surface area (Å²) in [4.78, 5) is 23.7. The van der Waals surface area contributed by atoms with Crippen LogP contribution in [0.1, 0.15) is 19.8 Å². The van der Waals surface area contributed by atoms with Gasteiger partial charge >= 0.3 is 11.1 Å². The van der Waals surface area contributed by atoms with Crippen molar-refractivity contribution in [3.8, 4) is 0 Å². The summed E-state index contributed by atoms with van der Waals surface area (Å²) in [5.41, 5.74) is 0.737. The molecule has 0 fully saturated rings. The van der Waals surface area contributed by atoms with Gasteiger partial charge in [0.05, 0.1) is 11.0 Å². The van der Waals surface area contributed by atoms with Gasteiger partial charge in [0, 0.05) is 13.6 Å². The van der Waals surface area contributed by atoms with Crippen LogP contribution < -0.4 is 11.1 Å². The number of nitrogens with zero attached hydrogens (tertiary/aromatic N) is 2. The summed E-state index contributed by atoms with van der Waals surface area (Å²) in [6.45, 7) is 2.67. The van der Waals surface area contributed by atoms with Gasteiger partial charge in [-0.05, 0) is 18.6 Å². The molecule has 0 aliphatic carbocycles. The predicted octanol–water partition coefficient (Wildman–Crippen LogP) is 1.50. The lowest BCUT2D eigenvalue weighted by atomic mass is 10.2. The third-order valence-electron chi connectivity index (χ3n) is 3.00. The maximum absolute atomic E-state index is 11.9. The minimum atomic E-state index is -0.459. The van der Waals surface area contributed by atoms with Gasteiger partial charge in [0.25, 0.3) is 0 Å². The van der Waals surface area contributed by atoms with Crippen molar-refractivity contribution in [3.05, 3.63) is 45.0 Å². The second kappa shape index (κ2) is 4.57. The molecule has 0 saturated heterocycles. The molecule has 0 amide bonds. The monoisotopic (exact) mass is 232 g/mol. The van der Waals surface area contributed by atoms with Crippen LogP contribution in [0.4, 0.5) is 0 Å². The van der Waals surface area contributed by atoms with Crippen molar-refractivity contribution in [3.63, 3.8) is 0 Å². The zero-order valence-electron chi connectivity index (χ0n) is 10.1. The van der Waals surface area contributed by atoms with Gasteiger partial charge in [0.15, 0.2) is 0 Å². The zero-order valence-corrected chi connectivity index (χ0v) is 10.1. The number of para-hydroxylation sites is 2. The minimum Gasteiger partial charge on any atom is -0.305 e. The minimum absolute atomic E-state index is 0.431. The molecule has 1 aromatic carbocycles. The summed E-state index contributed by atoms with van der Waals surface area (Å²) >= 11 is 0. The standard InChI is InChI=1S/C13H16N2O2/c1-3-4-9-15-11-8-6-5-7-10(11)14(2)12(16)13(15)17/h5-8H,3-4,9H2,1-2H3. The molecule has 90 valence electrons. The topological polar surface area (TPSA) is 44.0 Å². The number of benzene rings is 1. The van der Waals surface area contributed by atoms with E-state index in [-0.39, 0.29) is 0 Å². The number of fused-ring (bicyclic) bond motifs is 1. The van der Waals surface area contributed by atoms with E-state index in [2.05, 4.69) is 6.92 Å². The number of aryl methyl sites for hydroxylation is 2. The van der Waals surface area contributed by atoms with Crippen LogP contribution >= 0.6 is 0 Å². The molecular weight excluding hydrogens is 216 g/mol. The van der Waals surface area contributed by atoms with E-state index in [1.165, 1.54) is 4.57 Å². The van der Waals surface area contributed by atoms with Crippen molar-refractivity contribution in [2.24, 2.45) is 7.05 Å². The van der Waals surface area contributed by atoms with Gasteiger partial charge in [-0.15, -0.1) is 0 Å². The number of hydrogen-bond acceptors (Lipinski definition) is 2. The first kappa shape index (κ1) is 11.6. The molecule has 4 nitrogen and oxygen atoms in total. The first-order valence-electron chi connectivity index (χ1n) is 5.85. The molecule has 1 heterocycles. The van der Waals surface area contributed by atoms with Gasteiger partial charge < -0.3 is 9.13 Å². The predicted molar refractivity (Wildman–Crippen MR) is 68.4 cm³/mol. The Kier molecular flexibility index (Phi) is 3.13. The summed E-state index contributed by atoms with van der Waals surface area (Å²) in [5.74, 6) is 0. The molecule has 1 aromatic heterocycles. The Morgan fingerprint density at radius 1 is 1.06 bits per heavy atom. The Balaban J connectivity index is 2.81. The van der Waals surface area contributed by atoms with Crippen LogP contribution in [-0.4, -0.2) is 9.13 Å². The first-order chi connectivity index (χ1) is 8.16. The molecule has 0 N–H and O–H groups in total. The van der Waals surface area contributed by atoms with Crippen molar-refractivity contribution < 1.29 is 0 Å². The maximum Gasteiger partial charge on any atom is 0.316 e. The Labute approximate surface area is 99.1 Å². The van der Waals surface area contributed by atoms with Gasteiger partial charge in [-0.25, -0.2) is 0 Å². The van der Waals surface area contributed by atoms with Crippen LogP contribution in [0, 0.1) is 0 Å². The third kappa shape index (κ3) is 1.90. The molecule has 0 bridgehead atoms. The normalized spacial score (nSPS) is 10.9. The summed E-state index contributed by atoms with van der Waals surface area (Å²) in [7, 11) is 1.64. The van der Waals surface area contributed by atoms with E-state index in [0.717, 1.165) is 23.9 Å². The molecule has 0 unspecified atom stereocenters. The molecule has 0 aliphatic heterocycles. The van der Waals surface area contributed by atoms with E-state index in [0.29, 0.717) is 6.54 Å².